The van der Waals surface area contributed by atoms with Gasteiger partial charge in [-0.15, -0.1) is 0 Å². The van der Waals surface area contributed by atoms with E-state index in [2.05, 4.69) is 22.1 Å². The number of aromatic nitrogens is 1. The van der Waals surface area contributed by atoms with Crippen molar-refractivity contribution in [2.24, 2.45) is 0 Å². The lowest BCUT2D eigenvalue weighted by Gasteiger charge is -1.95. The molecule has 4 heteroatoms. The first kappa shape index (κ1) is 11.6. The fourth-order valence-corrected chi connectivity index (χ4v) is 1.91. The predicted octanol–water partition coefficient (Wildman–Crippen LogP) is 1.58. The first-order valence-corrected chi connectivity index (χ1v) is 6.14. The van der Waals surface area contributed by atoms with Gasteiger partial charge >= 0.3 is 4.87 Å². The minimum absolute atomic E-state index is 0.0165. The number of aromatic amines is 1. The van der Waals surface area contributed by atoms with Gasteiger partial charge in [0.15, 0.2) is 0 Å². The average molecular weight is 244 g/mol. The molecule has 2 aromatic rings. The van der Waals surface area contributed by atoms with Gasteiger partial charge in [-0.05, 0) is 12.1 Å². The Balaban J connectivity index is 1.77. The fourth-order valence-electron chi connectivity index (χ4n) is 1.33. The normalized spacial score (nSPS) is 9.65. The first-order chi connectivity index (χ1) is 8.34. The van der Waals surface area contributed by atoms with E-state index in [1.807, 2.05) is 35.7 Å². The molecule has 0 aliphatic rings. The van der Waals surface area contributed by atoms with Crippen molar-refractivity contribution < 1.29 is 0 Å². The summed E-state index contributed by atoms with van der Waals surface area (Å²) >= 11 is 1.18. The number of nitrogens with one attached hydrogen (secondary N) is 2. The summed E-state index contributed by atoms with van der Waals surface area (Å²) in [5.74, 6) is 6.08. The smallest absolute Gasteiger partial charge is 0.304 e. The van der Waals surface area contributed by atoms with Crippen molar-refractivity contribution >= 4 is 11.3 Å². The van der Waals surface area contributed by atoms with Crippen LogP contribution in [0.3, 0.4) is 0 Å². The Labute approximate surface area is 104 Å². The zero-order valence-corrected chi connectivity index (χ0v) is 10.0. The standard InChI is InChI=1S/C13H12N2OS/c16-13-15-12(10-17-13)9-14-8-4-7-11-5-2-1-3-6-11/h1-3,5-6,10,14H,8-9H2,(H,15,16). The molecule has 0 aliphatic heterocycles. The Morgan fingerprint density at radius 1 is 1.29 bits per heavy atom. The van der Waals surface area contributed by atoms with E-state index >= 15 is 0 Å². The minimum atomic E-state index is -0.0165. The second-order valence-electron chi connectivity index (χ2n) is 3.44. The fraction of sp³-hybridized carbons (Fsp3) is 0.154. The van der Waals surface area contributed by atoms with Crippen LogP contribution in [0.2, 0.25) is 0 Å². The quantitative estimate of drug-likeness (QED) is 0.636. The number of benzene rings is 1. The molecule has 0 amide bonds. The van der Waals surface area contributed by atoms with Crippen molar-refractivity contribution in [1.29, 1.82) is 0 Å². The molecule has 2 rings (SSSR count). The van der Waals surface area contributed by atoms with Crippen LogP contribution in [0.15, 0.2) is 40.5 Å². The molecule has 0 fully saturated rings. The lowest BCUT2D eigenvalue weighted by atomic mass is 10.2. The highest BCUT2D eigenvalue weighted by molar-refractivity contribution is 7.07. The second-order valence-corrected chi connectivity index (χ2v) is 4.29. The highest BCUT2D eigenvalue weighted by atomic mass is 32.1. The topological polar surface area (TPSA) is 44.9 Å². The molecule has 1 aromatic heterocycles. The van der Waals surface area contributed by atoms with Gasteiger partial charge in [0.1, 0.15) is 0 Å². The molecule has 17 heavy (non-hydrogen) atoms. The van der Waals surface area contributed by atoms with Crippen LogP contribution in [-0.4, -0.2) is 11.5 Å². The molecular weight excluding hydrogens is 232 g/mol. The zero-order valence-electron chi connectivity index (χ0n) is 9.19. The summed E-state index contributed by atoms with van der Waals surface area (Å²) in [4.78, 5) is 13.6. The van der Waals surface area contributed by atoms with Crippen LogP contribution in [0.5, 0.6) is 0 Å². The monoisotopic (exact) mass is 244 g/mol. The summed E-state index contributed by atoms with van der Waals surface area (Å²) < 4.78 is 0. The van der Waals surface area contributed by atoms with Crippen LogP contribution >= 0.6 is 11.3 Å². The second kappa shape index (κ2) is 6.04. The van der Waals surface area contributed by atoms with Gasteiger partial charge in [-0.1, -0.05) is 41.4 Å². The maximum Gasteiger partial charge on any atom is 0.304 e. The largest absolute Gasteiger partial charge is 0.315 e. The van der Waals surface area contributed by atoms with Crippen LogP contribution in [0.25, 0.3) is 0 Å². The number of thiazole rings is 1. The average Bonchev–Trinajstić information content (AvgIpc) is 2.76. The molecule has 0 saturated carbocycles. The van der Waals surface area contributed by atoms with Crippen molar-refractivity contribution in [3.63, 3.8) is 0 Å². The molecule has 0 aliphatic carbocycles. The van der Waals surface area contributed by atoms with E-state index in [1.54, 1.807) is 0 Å². The molecular formula is C13H12N2OS. The third kappa shape index (κ3) is 3.91. The third-order valence-corrected chi connectivity index (χ3v) is 2.82. The van der Waals surface area contributed by atoms with Crippen LogP contribution < -0.4 is 10.2 Å². The van der Waals surface area contributed by atoms with Crippen molar-refractivity contribution in [2.75, 3.05) is 6.54 Å². The SMILES string of the molecule is O=c1[nH]c(CNCC#Cc2ccccc2)cs1. The van der Waals surface area contributed by atoms with E-state index in [4.69, 9.17) is 0 Å². The predicted molar refractivity (Wildman–Crippen MR) is 70.0 cm³/mol. The van der Waals surface area contributed by atoms with Gasteiger partial charge in [0.05, 0.1) is 6.54 Å². The summed E-state index contributed by atoms with van der Waals surface area (Å²) in [6.07, 6.45) is 0. The highest BCUT2D eigenvalue weighted by Gasteiger charge is 1.93. The first-order valence-electron chi connectivity index (χ1n) is 5.26. The lowest BCUT2D eigenvalue weighted by molar-refractivity contribution is 0.752. The Hall–Kier alpha value is -1.83. The van der Waals surface area contributed by atoms with Gasteiger partial charge in [-0.3, -0.25) is 4.79 Å². The number of hydrogen-bond acceptors (Lipinski definition) is 3. The number of H-pyrrole nitrogens is 1. The maximum atomic E-state index is 10.9. The van der Waals surface area contributed by atoms with E-state index in [0.29, 0.717) is 13.1 Å². The molecule has 0 radical (unpaired) electrons. The van der Waals surface area contributed by atoms with E-state index in [1.165, 1.54) is 11.3 Å². The van der Waals surface area contributed by atoms with Gasteiger partial charge in [0, 0.05) is 23.2 Å². The minimum Gasteiger partial charge on any atom is -0.315 e. The third-order valence-electron chi connectivity index (χ3n) is 2.11. The van der Waals surface area contributed by atoms with Crippen molar-refractivity contribution in [1.82, 2.24) is 10.3 Å². The Kier molecular flexibility index (Phi) is 4.14. The Morgan fingerprint density at radius 2 is 2.12 bits per heavy atom. The molecule has 0 atom stereocenters. The lowest BCUT2D eigenvalue weighted by Crippen LogP contribution is -2.14. The Morgan fingerprint density at radius 3 is 2.82 bits per heavy atom. The molecule has 1 heterocycles. The number of hydrogen-bond donors (Lipinski definition) is 2. The van der Waals surface area contributed by atoms with Crippen molar-refractivity contribution in [2.45, 2.75) is 6.54 Å². The van der Waals surface area contributed by atoms with Crippen molar-refractivity contribution in [3.05, 3.63) is 56.6 Å². The van der Waals surface area contributed by atoms with Gasteiger partial charge in [0.25, 0.3) is 0 Å². The summed E-state index contributed by atoms with van der Waals surface area (Å²) in [6.45, 7) is 1.25. The van der Waals surface area contributed by atoms with Gasteiger partial charge < -0.3 is 10.3 Å². The van der Waals surface area contributed by atoms with E-state index in [9.17, 15) is 4.79 Å². The van der Waals surface area contributed by atoms with Crippen molar-refractivity contribution in [3.8, 4) is 11.8 Å². The molecule has 0 spiro atoms. The highest BCUT2D eigenvalue weighted by Crippen LogP contribution is 1.95. The molecule has 1 aromatic carbocycles. The summed E-state index contributed by atoms with van der Waals surface area (Å²) in [6, 6.07) is 9.85. The van der Waals surface area contributed by atoms with Gasteiger partial charge in [-0.2, -0.15) is 0 Å². The number of rotatable bonds is 3. The van der Waals surface area contributed by atoms with Gasteiger partial charge in [-0.25, -0.2) is 0 Å². The maximum absolute atomic E-state index is 10.9. The molecule has 0 unspecified atom stereocenters. The van der Waals surface area contributed by atoms with Crippen LogP contribution in [0.1, 0.15) is 11.3 Å². The molecule has 86 valence electrons. The van der Waals surface area contributed by atoms with Crippen LogP contribution in [-0.2, 0) is 6.54 Å². The summed E-state index contributed by atoms with van der Waals surface area (Å²) in [5.41, 5.74) is 1.92. The summed E-state index contributed by atoms with van der Waals surface area (Å²) in [7, 11) is 0. The molecule has 0 saturated heterocycles. The van der Waals surface area contributed by atoms with E-state index in [0.717, 1.165) is 11.3 Å². The van der Waals surface area contributed by atoms with Gasteiger partial charge in [0.2, 0.25) is 0 Å². The summed E-state index contributed by atoms with van der Waals surface area (Å²) in [5, 5.41) is 4.97. The van der Waals surface area contributed by atoms with E-state index in [-0.39, 0.29) is 4.87 Å². The van der Waals surface area contributed by atoms with E-state index < -0.39 is 0 Å². The molecule has 3 nitrogen and oxygen atoms in total. The van der Waals surface area contributed by atoms with Crippen LogP contribution in [0, 0.1) is 11.8 Å². The molecule has 2 N–H and O–H groups in total. The Bertz CT molecular complexity index is 574. The molecule has 0 bridgehead atoms. The zero-order chi connectivity index (χ0) is 11.9. The van der Waals surface area contributed by atoms with Crippen LogP contribution in [0.4, 0.5) is 0 Å².